The summed E-state index contributed by atoms with van der Waals surface area (Å²) in [4.78, 5) is 20.0. The molecule has 0 aliphatic rings. The molecular formula is C4H6O5. The van der Waals surface area contributed by atoms with Gasteiger partial charge in [0.05, 0.1) is 6.40 Å². The molecular weight excluding hydrogens is 128 g/mol. The van der Waals surface area contributed by atoms with E-state index in [1.165, 1.54) is 0 Å². The third kappa shape index (κ3) is 3.48. The molecule has 0 bridgehead atoms. The van der Waals surface area contributed by atoms with Gasteiger partial charge in [0.25, 0.3) is 0 Å². The van der Waals surface area contributed by atoms with E-state index in [2.05, 4.69) is 5.11 Å². The summed E-state index contributed by atoms with van der Waals surface area (Å²) in [6.45, 7) is 0. The molecule has 0 radical (unpaired) electrons. The molecule has 0 rings (SSSR count). The second kappa shape index (κ2) is 3.03. The molecule has 0 unspecified atom stereocenters. The van der Waals surface area contributed by atoms with Crippen molar-refractivity contribution in [1.29, 1.82) is 1.43 Å². The summed E-state index contributed by atoms with van der Waals surface area (Å²) in [6, 6.07) is 0. The fraction of sp³-hybridized carbons (Fsp3) is 0.500. The van der Waals surface area contributed by atoms with Gasteiger partial charge >= 0.3 is 11.9 Å². The molecule has 0 aliphatic carbocycles. The molecule has 0 aromatic heterocycles. The van der Waals surface area contributed by atoms with Gasteiger partial charge in [-0.2, -0.15) is 0 Å². The number of aliphatic hydroxyl groups excluding tert-OH is 1. The first kappa shape index (κ1) is 4.75. The Morgan fingerprint density at radius 1 is 1.67 bits per heavy atom. The minimum Gasteiger partial charge on any atom is -0.481 e. The van der Waals surface area contributed by atoms with E-state index < -0.39 is 24.4 Å². The Morgan fingerprint density at radius 2 is 2.22 bits per heavy atom. The summed E-state index contributed by atoms with van der Waals surface area (Å²) >= 11 is 0. The molecule has 0 aromatic rings. The second-order valence-corrected chi connectivity index (χ2v) is 1.26. The lowest BCUT2D eigenvalue weighted by molar-refractivity contribution is -0.152. The van der Waals surface area contributed by atoms with Gasteiger partial charge in [0.15, 0.2) is 6.10 Å². The minimum absolute atomic E-state index is 1.63. The van der Waals surface area contributed by atoms with Crippen LogP contribution in [0.1, 0.15) is 7.77 Å². The SMILES string of the molecule is [2H]O[C@H](C(=O)O)[C@@H]([2H])C(=O)O. The van der Waals surface area contributed by atoms with Gasteiger partial charge in [-0.15, -0.1) is 0 Å². The van der Waals surface area contributed by atoms with Gasteiger partial charge in [0, 0.05) is 1.37 Å². The fourth-order valence-corrected chi connectivity index (χ4v) is 0.201. The highest BCUT2D eigenvalue weighted by Crippen LogP contribution is 1.89. The molecule has 0 aromatic carbocycles. The van der Waals surface area contributed by atoms with Crippen molar-refractivity contribution in [3.63, 3.8) is 0 Å². The molecule has 0 fully saturated rings. The Morgan fingerprint density at radius 3 is 2.33 bits per heavy atom. The van der Waals surface area contributed by atoms with E-state index in [4.69, 9.17) is 13.0 Å². The number of carboxylic acids is 2. The summed E-state index contributed by atoms with van der Waals surface area (Å²) in [7, 11) is 0. The Bertz CT molecular complexity index is 170. The number of aliphatic hydroxyl groups is 1. The summed E-state index contributed by atoms with van der Waals surface area (Å²) in [5.74, 6) is -3.27. The monoisotopic (exact) mass is 136 g/mol. The number of carbonyl (C=O) groups is 2. The Kier molecular flexibility index (Phi) is 1.60. The smallest absolute Gasteiger partial charge is 0.333 e. The van der Waals surface area contributed by atoms with Gasteiger partial charge in [-0.1, -0.05) is 0 Å². The van der Waals surface area contributed by atoms with Crippen molar-refractivity contribution in [1.82, 2.24) is 0 Å². The molecule has 3 N–H and O–H groups in total. The topological polar surface area (TPSA) is 94.8 Å². The zero-order valence-corrected chi connectivity index (χ0v) is 4.27. The maximum atomic E-state index is 10.0. The zero-order valence-electron chi connectivity index (χ0n) is 6.27. The van der Waals surface area contributed by atoms with Crippen LogP contribution in [0.25, 0.3) is 0 Å². The van der Waals surface area contributed by atoms with Gasteiger partial charge in [-0.25, -0.2) is 4.79 Å². The maximum Gasteiger partial charge on any atom is 0.333 e. The summed E-state index contributed by atoms with van der Waals surface area (Å²) in [5.41, 5.74) is 0. The van der Waals surface area contributed by atoms with Gasteiger partial charge in [-0.3, -0.25) is 4.79 Å². The van der Waals surface area contributed by atoms with Gasteiger partial charge in [-0.05, 0) is 0 Å². The molecule has 0 saturated carbocycles. The summed E-state index contributed by atoms with van der Waals surface area (Å²) in [6.07, 6.45) is -3.91. The number of hydrogen-bond acceptors (Lipinski definition) is 3. The predicted molar refractivity (Wildman–Crippen MR) is 25.9 cm³/mol. The molecule has 2 atom stereocenters. The molecule has 0 aliphatic heterocycles. The Hall–Kier alpha value is -1.10. The largest absolute Gasteiger partial charge is 0.481 e. The molecule has 5 heteroatoms. The summed E-state index contributed by atoms with van der Waals surface area (Å²) in [5, 5.41) is 19.8. The minimum atomic E-state index is -1.97. The standard InChI is InChI=1S/C4H6O5/c5-2(4(8)9)1-3(6)7/h2,5H,1H2,(H,6,7)(H,8,9)/t2-/m0/s1/i1D,5D/t1-,2+/m1. The van der Waals surface area contributed by atoms with Crippen molar-refractivity contribution in [2.75, 3.05) is 0 Å². The Balaban J connectivity index is 4.25. The van der Waals surface area contributed by atoms with Crippen molar-refractivity contribution in [2.24, 2.45) is 0 Å². The van der Waals surface area contributed by atoms with Crippen molar-refractivity contribution in [3.05, 3.63) is 0 Å². The van der Waals surface area contributed by atoms with Crippen LogP contribution < -0.4 is 0 Å². The van der Waals surface area contributed by atoms with Crippen molar-refractivity contribution in [2.45, 2.75) is 12.5 Å². The van der Waals surface area contributed by atoms with Crippen LogP contribution in [-0.2, 0) is 9.59 Å². The number of rotatable bonds is 4. The van der Waals surface area contributed by atoms with Crippen LogP contribution in [0.3, 0.4) is 0 Å². The zero-order chi connectivity index (χ0) is 9.02. The van der Waals surface area contributed by atoms with E-state index in [0.29, 0.717) is 0 Å². The molecule has 0 heterocycles. The van der Waals surface area contributed by atoms with Crippen molar-refractivity contribution in [3.8, 4) is 0 Å². The Labute approximate surface area is 53.4 Å². The van der Waals surface area contributed by atoms with Gasteiger partial charge in [0.2, 0.25) is 1.43 Å². The molecule has 0 spiro atoms. The average Bonchev–Trinajstić information content (AvgIpc) is 1.88. The fourth-order valence-electron chi connectivity index (χ4n) is 0.201. The van der Waals surface area contributed by atoms with E-state index in [-0.39, 0.29) is 0 Å². The van der Waals surface area contributed by atoms with Crippen LogP contribution in [0.5, 0.6) is 0 Å². The molecule has 5 nitrogen and oxygen atoms in total. The van der Waals surface area contributed by atoms with Crippen LogP contribution in [0.15, 0.2) is 0 Å². The first-order chi connectivity index (χ1) is 5.00. The number of hydrogen-bond donors (Lipinski definition) is 3. The highest BCUT2D eigenvalue weighted by Gasteiger charge is 2.16. The van der Waals surface area contributed by atoms with Crippen LogP contribution in [0.2, 0.25) is 0 Å². The highest BCUT2D eigenvalue weighted by atomic mass is 16.4. The third-order valence-electron chi connectivity index (χ3n) is 0.537. The maximum absolute atomic E-state index is 10.0. The lowest BCUT2D eigenvalue weighted by Gasteiger charge is -1.97. The van der Waals surface area contributed by atoms with E-state index >= 15 is 0 Å². The van der Waals surface area contributed by atoms with E-state index in [0.717, 1.165) is 0 Å². The van der Waals surface area contributed by atoms with Crippen molar-refractivity contribution >= 4 is 11.9 Å². The first-order valence-corrected chi connectivity index (χ1v) is 2.00. The molecule has 0 saturated heterocycles. The van der Waals surface area contributed by atoms with Crippen LogP contribution in [0.4, 0.5) is 0 Å². The van der Waals surface area contributed by atoms with Gasteiger partial charge in [0.1, 0.15) is 0 Å². The normalized spacial score (nSPS) is 19.1. The number of aliphatic carboxylic acids is 2. The van der Waals surface area contributed by atoms with E-state index in [9.17, 15) is 9.59 Å². The second-order valence-electron chi connectivity index (χ2n) is 1.26. The highest BCUT2D eigenvalue weighted by molar-refractivity contribution is 5.79. The lowest BCUT2D eigenvalue weighted by atomic mass is 10.3. The average molecular weight is 136 g/mol. The van der Waals surface area contributed by atoms with Crippen molar-refractivity contribution < 1.29 is 26.3 Å². The van der Waals surface area contributed by atoms with E-state index in [1.54, 1.807) is 0 Å². The lowest BCUT2D eigenvalue weighted by Crippen LogP contribution is -2.22. The van der Waals surface area contributed by atoms with Crippen LogP contribution >= 0.6 is 0 Å². The molecule has 52 valence electrons. The molecule has 9 heavy (non-hydrogen) atoms. The number of carboxylic acid groups (broad SMARTS) is 2. The first-order valence-electron chi connectivity index (χ1n) is 2.99. The summed E-state index contributed by atoms with van der Waals surface area (Å²) < 4.78 is 12.8. The predicted octanol–water partition coefficient (Wildman–Crippen LogP) is -1.09. The van der Waals surface area contributed by atoms with E-state index in [1.807, 2.05) is 0 Å². The third-order valence-corrected chi connectivity index (χ3v) is 0.537. The van der Waals surface area contributed by atoms with Crippen LogP contribution in [0, 0.1) is 0 Å². The molecule has 0 amide bonds. The van der Waals surface area contributed by atoms with Crippen LogP contribution in [-0.4, -0.2) is 34.8 Å². The van der Waals surface area contributed by atoms with Gasteiger partial charge < -0.3 is 15.3 Å². The quantitative estimate of drug-likeness (QED) is 0.456.